The second-order valence-corrected chi connectivity index (χ2v) is 6.32. The number of imide groups is 1. The van der Waals surface area contributed by atoms with Crippen LogP contribution in [-0.2, 0) is 16.9 Å². The average molecular weight is 394 g/mol. The SMILES string of the molecule is COc1ccc(CN2C(=O)NC(C)(c3ccc(OC(F)F)cc3)C2=O)cc1F. The predicted octanol–water partition coefficient (Wildman–Crippen LogP) is 3.40. The van der Waals surface area contributed by atoms with Crippen LogP contribution < -0.4 is 14.8 Å². The van der Waals surface area contributed by atoms with Crippen LogP contribution >= 0.6 is 0 Å². The molecule has 0 bridgehead atoms. The number of urea groups is 1. The number of nitrogens with zero attached hydrogens (tertiary/aromatic N) is 1. The number of carbonyl (C=O) groups excluding carboxylic acids is 2. The van der Waals surface area contributed by atoms with E-state index >= 15 is 0 Å². The van der Waals surface area contributed by atoms with Gasteiger partial charge >= 0.3 is 12.6 Å². The molecule has 1 atom stereocenters. The number of amides is 3. The Morgan fingerprint density at radius 2 is 1.82 bits per heavy atom. The molecule has 1 N–H and O–H groups in total. The Hall–Kier alpha value is -3.23. The van der Waals surface area contributed by atoms with Crippen molar-refractivity contribution in [1.82, 2.24) is 10.2 Å². The molecule has 3 rings (SSSR count). The molecule has 1 heterocycles. The van der Waals surface area contributed by atoms with E-state index in [-0.39, 0.29) is 18.0 Å². The Kier molecular flexibility index (Phi) is 5.17. The highest BCUT2D eigenvalue weighted by Gasteiger charge is 2.48. The molecule has 1 saturated heterocycles. The number of halogens is 3. The van der Waals surface area contributed by atoms with Crippen LogP contribution in [0.2, 0.25) is 0 Å². The van der Waals surface area contributed by atoms with E-state index in [0.29, 0.717) is 11.1 Å². The lowest BCUT2D eigenvalue weighted by atomic mass is 9.92. The largest absolute Gasteiger partial charge is 0.494 e. The van der Waals surface area contributed by atoms with E-state index in [1.54, 1.807) is 6.07 Å². The first-order valence-electron chi connectivity index (χ1n) is 8.26. The van der Waals surface area contributed by atoms with Crippen LogP contribution in [-0.4, -0.2) is 30.6 Å². The highest BCUT2D eigenvalue weighted by Crippen LogP contribution is 2.31. The zero-order valence-corrected chi connectivity index (χ0v) is 15.0. The van der Waals surface area contributed by atoms with Crippen LogP contribution in [0.15, 0.2) is 42.5 Å². The number of alkyl halides is 2. The number of hydrogen-bond acceptors (Lipinski definition) is 4. The lowest BCUT2D eigenvalue weighted by Gasteiger charge is -2.22. The Morgan fingerprint density at radius 1 is 1.14 bits per heavy atom. The van der Waals surface area contributed by atoms with Crippen LogP contribution in [0.3, 0.4) is 0 Å². The van der Waals surface area contributed by atoms with Crippen molar-refractivity contribution in [2.75, 3.05) is 7.11 Å². The van der Waals surface area contributed by atoms with Crippen molar-refractivity contribution in [2.24, 2.45) is 0 Å². The van der Waals surface area contributed by atoms with E-state index in [1.807, 2.05) is 0 Å². The third kappa shape index (κ3) is 3.60. The van der Waals surface area contributed by atoms with Crippen LogP contribution in [0.4, 0.5) is 18.0 Å². The minimum absolute atomic E-state index is 0.0527. The molecule has 148 valence electrons. The van der Waals surface area contributed by atoms with Gasteiger partial charge in [-0.15, -0.1) is 0 Å². The van der Waals surface area contributed by atoms with E-state index in [0.717, 1.165) is 4.90 Å². The van der Waals surface area contributed by atoms with Crippen LogP contribution in [0.1, 0.15) is 18.1 Å². The molecular weight excluding hydrogens is 377 g/mol. The van der Waals surface area contributed by atoms with Gasteiger partial charge in [-0.3, -0.25) is 9.69 Å². The van der Waals surface area contributed by atoms with Gasteiger partial charge in [-0.1, -0.05) is 18.2 Å². The van der Waals surface area contributed by atoms with Gasteiger partial charge in [0.25, 0.3) is 5.91 Å². The Balaban J connectivity index is 1.81. The van der Waals surface area contributed by atoms with Crippen molar-refractivity contribution in [3.05, 3.63) is 59.4 Å². The topological polar surface area (TPSA) is 67.9 Å². The summed E-state index contributed by atoms with van der Waals surface area (Å²) < 4.78 is 47.5. The van der Waals surface area contributed by atoms with E-state index in [2.05, 4.69) is 10.1 Å². The zero-order chi connectivity index (χ0) is 20.5. The summed E-state index contributed by atoms with van der Waals surface area (Å²) in [6.07, 6.45) is 0. The molecule has 0 aliphatic carbocycles. The van der Waals surface area contributed by atoms with Crippen molar-refractivity contribution < 1.29 is 32.2 Å². The molecule has 0 radical (unpaired) electrons. The number of rotatable bonds is 6. The van der Waals surface area contributed by atoms with E-state index in [1.165, 1.54) is 50.4 Å². The van der Waals surface area contributed by atoms with Crippen molar-refractivity contribution >= 4 is 11.9 Å². The maximum atomic E-state index is 13.9. The maximum absolute atomic E-state index is 13.9. The number of carbonyl (C=O) groups is 2. The number of ether oxygens (including phenoxy) is 2. The zero-order valence-electron chi connectivity index (χ0n) is 15.0. The van der Waals surface area contributed by atoms with Crippen molar-refractivity contribution in [1.29, 1.82) is 0 Å². The van der Waals surface area contributed by atoms with Gasteiger partial charge in [0.1, 0.15) is 11.3 Å². The fourth-order valence-corrected chi connectivity index (χ4v) is 3.00. The molecule has 2 aromatic carbocycles. The molecule has 1 aliphatic heterocycles. The molecule has 1 unspecified atom stereocenters. The minimum atomic E-state index is -2.96. The number of methoxy groups -OCH3 is 1. The molecular formula is C19H17F3N2O4. The Morgan fingerprint density at radius 3 is 2.39 bits per heavy atom. The summed E-state index contributed by atoms with van der Waals surface area (Å²) in [5.41, 5.74) is -0.576. The highest BCUT2D eigenvalue weighted by molar-refractivity contribution is 6.07. The van der Waals surface area contributed by atoms with E-state index in [9.17, 15) is 22.8 Å². The number of hydrogen-bond donors (Lipinski definition) is 1. The molecule has 1 aliphatic rings. The molecule has 2 aromatic rings. The summed E-state index contributed by atoms with van der Waals surface area (Å²) in [4.78, 5) is 26.2. The smallest absolute Gasteiger partial charge is 0.387 e. The van der Waals surface area contributed by atoms with Gasteiger partial charge in [-0.25, -0.2) is 9.18 Å². The van der Waals surface area contributed by atoms with Crippen LogP contribution in [0.5, 0.6) is 11.5 Å². The van der Waals surface area contributed by atoms with Crippen molar-refractivity contribution in [3.63, 3.8) is 0 Å². The molecule has 0 spiro atoms. The number of benzene rings is 2. The Bertz CT molecular complexity index is 905. The summed E-state index contributed by atoms with van der Waals surface area (Å²) in [5.74, 6) is -1.16. The molecule has 3 amide bonds. The van der Waals surface area contributed by atoms with Crippen LogP contribution in [0.25, 0.3) is 0 Å². The molecule has 0 aromatic heterocycles. The summed E-state index contributed by atoms with van der Waals surface area (Å²) in [7, 11) is 1.33. The first-order chi connectivity index (χ1) is 13.2. The second kappa shape index (κ2) is 7.41. The lowest BCUT2D eigenvalue weighted by Crippen LogP contribution is -2.40. The van der Waals surface area contributed by atoms with Gasteiger partial charge in [-0.2, -0.15) is 8.78 Å². The first-order valence-corrected chi connectivity index (χ1v) is 8.26. The fraction of sp³-hybridized carbons (Fsp3) is 0.263. The lowest BCUT2D eigenvalue weighted by molar-refractivity contribution is -0.131. The van der Waals surface area contributed by atoms with Crippen molar-refractivity contribution in [3.8, 4) is 11.5 Å². The fourth-order valence-electron chi connectivity index (χ4n) is 3.00. The predicted molar refractivity (Wildman–Crippen MR) is 92.5 cm³/mol. The summed E-state index contributed by atoms with van der Waals surface area (Å²) in [5, 5.41) is 2.59. The van der Waals surface area contributed by atoms with Crippen molar-refractivity contribution in [2.45, 2.75) is 25.6 Å². The van der Waals surface area contributed by atoms with Gasteiger partial charge in [0.2, 0.25) is 0 Å². The minimum Gasteiger partial charge on any atom is -0.494 e. The summed E-state index contributed by atoms with van der Waals surface area (Å²) in [6.45, 7) is -1.59. The molecule has 9 heteroatoms. The summed E-state index contributed by atoms with van der Waals surface area (Å²) >= 11 is 0. The van der Waals surface area contributed by atoms with Gasteiger partial charge in [0.15, 0.2) is 11.6 Å². The van der Waals surface area contributed by atoms with Gasteiger partial charge in [0.05, 0.1) is 13.7 Å². The van der Waals surface area contributed by atoms with Gasteiger partial charge < -0.3 is 14.8 Å². The Labute approximate surface area is 158 Å². The van der Waals surface area contributed by atoms with Gasteiger partial charge in [0, 0.05) is 0 Å². The highest BCUT2D eigenvalue weighted by atomic mass is 19.3. The number of nitrogens with one attached hydrogen (secondary N) is 1. The summed E-state index contributed by atoms with van der Waals surface area (Å²) in [6, 6.07) is 8.92. The van der Waals surface area contributed by atoms with Crippen LogP contribution in [0, 0.1) is 5.82 Å². The second-order valence-electron chi connectivity index (χ2n) is 6.32. The average Bonchev–Trinajstić information content (AvgIpc) is 2.86. The third-order valence-corrected chi connectivity index (χ3v) is 4.49. The normalized spacial score (nSPS) is 19.1. The molecule has 6 nitrogen and oxygen atoms in total. The molecule has 28 heavy (non-hydrogen) atoms. The third-order valence-electron chi connectivity index (χ3n) is 4.49. The van der Waals surface area contributed by atoms with Gasteiger partial charge in [-0.05, 0) is 42.3 Å². The monoisotopic (exact) mass is 394 g/mol. The maximum Gasteiger partial charge on any atom is 0.387 e. The van der Waals surface area contributed by atoms with E-state index < -0.39 is 29.9 Å². The molecule has 0 saturated carbocycles. The van der Waals surface area contributed by atoms with E-state index in [4.69, 9.17) is 4.74 Å². The standard InChI is InChI=1S/C19H17F3N2O4/c1-19(12-4-6-13(7-5-12)28-17(21)22)16(25)24(18(26)23-19)10-11-3-8-15(27-2)14(20)9-11/h3-9,17H,10H2,1-2H3,(H,23,26). The quantitative estimate of drug-likeness (QED) is 0.763. The molecule has 1 fully saturated rings. The first kappa shape index (κ1) is 19.5.